The number of aliphatic hydroxyl groups excluding tert-OH is 1. The minimum atomic E-state index is -0.729. The summed E-state index contributed by atoms with van der Waals surface area (Å²) in [6.07, 6.45) is 2.77. The van der Waals surface area contributed by atoms with Crippen LogP contribution < -0.4 is 9.64 Å². The van der Waals surface area contributed by atoms with E-state index in [1.165, 1.54) is 31.5 Å². The largest absolute Gasteiger partial charge is 0.508 e. The zero-order chi connectivity index (χ0) is 24.9. The molecular weight excluding hydrogens is 454 g/mol. The van der Waals surface area contributed by atoms with Crippen LogP contribution in [0.3, 0.4) is 0 Å². The second-order valence-corrected chi connectivity index (χ2v) is 8.92. The normalized spacial score (nSPS) is 18.4. The van der Waals surface area contributed by atoms with E-state index in [2.05, 4.69) is 15.0 Å². The van der Waals surface area contributed by atoms with Gasteiger partial charge in [-0.05, 0) is 60.7 Å². The van der Waals surface area contributed by atoms with Gasteiger partial charge in [0.1, 0.15) is 28.6 Å². The number of aromatic nitrogens is 3. The van der Waals surface area contributed by atoms with Gasteiger partial charge in [-0.2, -0.15) is 9.97 Å². The van der Waals surface area contributed by atoms with E-state index in [9.17, 15) is 14.6 Å². The predicted octanol–water partition coefficient (Wildman–Crippen LogP) is 4.75. The summed E-state index contributed by atoms with van der Waals surface area (Å²) in [4.78, 5) is 15.0. The van der Waals surface area contributed by atoms with Gasteiger partial charge >= 0.3 is 6.01 Å². The van der Waals surface area contributed by atoms with Crippen LogP contribution in [0.5, 0.6) is 11.8 Å². The average Bonchev–Trinajstić information content (AvgIpc) is 2.85. The molecule has 0 amide bonds. The van der Waals surface area contributed by atoms with E-state index in [0.717, 1.165) is 6.42 Å². The molecule has 4 aromatic rings. The summed E-state index contributed by atoms with van der Waals surface area (Å²) >= 11 is 0. The fraction of sp³-hybridized carbons (Fsp3) is 0.346. The van der Waals surface area contributed by atoms with Crippen LogP contribution >= 0.6 is 0 Å². The number of aromatic hydroxyl groups is 1. The molecular formula is C26H26F2N4O3. The second-order valence-electron chi connectivity index (χ2n) is 8.92. The topological polar surface area (TPSA) is 91.6 Å². The second kappa shape index (κ2) is 8.88. The van der Waals surface area contributed by atoms with Gasteiger partial charge in [0, 0.05) is 24.3 Å². The quantitative estimate of drug-likeness (QED) is 0.436. The average molecular weight is 481 g/mol. The van der Waals surface area contributed by atoms with Gasteiger partial charge in [0.2, 0.25) is 0 Å². The first-order valence-electron chi connectivity index (χ1n) is 11.6. The maximum absolute atomic E-state index is 16.1. The summed E-state index contributed by atoms with van der Waals surface area (Å²) in [6.45, 7) is 4.18. The van der Waals surface area contributed by atoms with Crippen molar-refractivity contribution in [2.45, 2.75) is 45.3 Å². The van der Waals surface area contributed by atoms with Crippen molar-refractivity contribution in [3.63, 3.8) is 0 Å². The molecule has 1 aliphatic rings. The number of benzene rings is 2. The fourth-order valence-corrected chi connectivity index (χ4v) is 4.93. The summed E-state index contributed by atoms with van der Waals surface area (Å²) in [6, 6.07) is 5.85. The van der Waals surface area contributed by atoms with Crippen molar-refractivity contribution in [3.05, 3.63) is 47.7 Å². The Morgan fingerprint density at radius 2 is 1.97 bits per heavy atom. The lowest BCUT2D eigenvalue weighted by Crippen LogP contribution is -2.44. The molecule has 1 saturated heterocycles. The Morgan fingerprint density at radius 1 is 1.17 bits per heavy atom. The van der Waals surface area contributed by atoms with Crippen molar-refractivity contribution in [2.75, 3.05) is 18.6 Å². The number of aryl methyl sites for hydroxylation is 1. The maximum Gasteiger partial charge on any atom is 0.318 e. The van der Waals surface area contributed by atoms with Crippen LogP contribution in [0.1, 0.15) is 32.3 Å². The van der Waals surface area contributed by atoms with Gasteiger partial charge in [-0.25, -0.2) is 8.78 Å². The molecule has 0 bridgehead atoms. The van der Waals surface area contributed by atoms with Gasteiger partial charge < -0.3 is 19.8 Å². The third-order valence-electron chi connectivity index (χ3n) is 6.72. The highest BCUT2D eigenvalue weighted by atomic mass is 19.1. The van der Waals surface area contributed by atoms with Crippen LogP contribution in [0.4, 0.5) is 14.6 Å². The molecule has 2 aromatic carbocycles. The molecule has 9 heteroatoms. The summed E-state index contributed by atoms with van der Waals surface area (Å²) in [5, 5.41) is 22.0. The number of piperidine rings is 1. The Kier molecular flexibility index (Phi) is 5.88. The SMILES string of the molecule is CCc1c(F)ccc2cc(O)cc(-c3ncc4c(N5CC(O)CCC5C)nc(OC)nc4c3F)c12. The lowest BCUT2D eigenvalue weighted by atomic mass is 9.94. The molecule has 2 atom stereocenters. The highest BCUT2D eigenvalue weighted by molar-refractivity contribution is 6.01. The van der Waals surface area contributed by atoms with E-state index in [0.29, 0.717) is 46.9 Å². The maximum atomic E-state index is 16.1. The number of halogens is 2. The molecule has 0 radical (unpaired) electrons. The number of phenolic OH excluding ortho intramolecular Hbond substituents is 1. The Morgan fingerprint density at radius 3 is 2.71 bits per heavy atom. The lowest BCUT2D eigenvalue weighted by molar-refractivity contribution is 0.144. The molecule has 2 unspecified atom stereocenters. The van der Waals surface area contributed by atoms with Crippen molar-refractivity contribution >= 4 is 27.5 Å². The van der Waals surface area contributed by atoms with Crippen molar-refractivity contribution in [1.82, 2.24) is 15.0 Å². The predicted molar refractivity (Wildman–Crippen MR) is 130 cm³/mol. The molecule has 2 aromatic heterocycles. The zero-order valence-corrected chi connectivity index (χ0v) is 19.7. The lowest BCUT2D eigenvalue weighted by Gasteiger charge is -2.37. The number of β-amino-alcohol motifs (C(OH)–C–C–N with tert-alkyl or cyclic N) is 1. The number of rotatable bonds is 4. The molecule has 2 N–H and O–H groups in total. The molecule has 35 heavy (non-hydrogen) atoms. The number of ether oxygens (including phenoxy) is 1. The van der Waals surface area contributed by atoms with E-state index < -0.39 is 17.7 Å². The Hall–Kier alpha value is -3.59. The molecule has 0 aliphatic carbocycles. The van der Waals surface area contributed by atoms with Crippen LogP contribution in [-0.2, 0) is 6.42 Å². The first-order valence-corrected chi connectivity index (χ1v) is 11.6. The van der Waals surface area contributed by atoms with Crippen LogP contribution in [0.15, 0.2) is 30.5 Å². The van der Waals surface area contributed by atoms with Gasteiger partial charge in [-0.15, -0.1) is 0 Å². The molecule has 5 rings (SSSR count). The van der Waals surface area contributed by atoms with Gasteiger partial charge in [0.25, 0.3) is 0 Å². The van der Waals surface area contributed by atoms with Crippen molar-refractivity contribution < 1.29 is 23.7 Å². The summed E-state index contributed by atoms with van der Waals surface area (Å²) in [7, 11) is 1.40. The van der Waals surface area contributed by atoms with Crippen molar-refractivity contribution in [3.8, 4) is 23.0 Å². The van der Waals surface area contributed by atoms with E-state index in [4.69, 9.17) is 4.74 Å². The molecule has 182 valence electrons. The van der Waals surface area contributed by atoms with Gasteiger partial charge in [-0.1, -0.05) is 13.0 Å². The first-order chi connectivity index (χ1) is 16.8. The van der Waals surface area contributed by atoms with Crippen LogP contribution in [0.25, 0.3) is 32.9 Å². The van der Waals surface area contributed by atoms with Crippen LogP contribution in [0.2, 0.25) is 0 Å². The summed E-state index contributed by atoms with van der Waals surface area (Å²) in [5.41, 5.74) is 0.625. The number of fused-ring (bicyclic) bond motifs is 2. The monoisotopic (exact) mass is 480 g/mol. The van der Waals surface area contributed by atoms with Crippen LogP contribution in [-0.4, -0.2) is 51.0 Å². The van der Waals surface area contributed by atoms with E-state index in [1.54, 1.807) is 6.07 Å². The number of methoxy groups -OCH3 is 1. The number of anilines is 1. The molecule has 1 fully saturated rings. The third kappa shape index (κ3) is 3.89. The van der Waals surface area contributed by atoms with E-state index in [-0.39, 0.29) is 34.6 Å². The molecule has 1 aliphatic heterocycles. The highest BCUT2D eigenvalue weighted by Crippen LogP contribution is 2.39. The number of pyridine rings is 1. The first kappa shape index (κ1) is 23.2. The summed E-state index contributed by atoms with van der Waals surface area (Å²) < 4.78 is 36.1. The zero-order valence-electron chi connectivity index (χ0n) is 19.7. The fourth-order valence-electron chi connectivity index (χ4n) is 4.93. The Labute approximate surface area is 201 Å². The highest BCUT2D eigenvalue weighted by Gasteiger charge is 2.29. The Bertz CT molecular complexity index is 1450. The van der Waals surface area contributed by atoms with E-state index >= 15 is 4.39 Å². The Balaban J connectivity index is 1.79. The molecule has 3 heterocycles. The van der Waals surface area contributed by atoms with Crippen LogP contribution in [0, 0.1) is 11.6 Å². The molecule has 7 nitrogen and oxygen atoms in total. The number of phenols is 1. The minimum absolute atomic E-state index is 0.00458. The number of hydrogen-bond acceptors (Lipinski definition) is 7. The molecule has 0 saturated carbocycles. The molecule has 0 spiro atoms. The number of hydrogen-bond donors (Lipinski definition) is 2. The standard InChI is InChI=1S/C26H26F2N4O3/c1-4-17-20(27)8-6-14-9-16(34)10-18(21(14)17)23-22(28)24-19(11-29-23)25(31-26(30-24)35-3)32-12-15(33)7-5-13(32)2/h6,8-11,13,15,33-34H,4-5,7,12H2,1-3H3. The van der Waals surface area contributed by atoms with Gasteiger partial charge in [0.15, 0.2) is 5.82 Å². The number of aliphatic hydroxyl groups is 1. The van der Waals surface area contributed by atoms with Gasteiger partial charge in [0.05, 0.1) is 18.6 Å². The third-order valence-corrected chi connectivity index (χ3v) is 6.72. The smallest absolute Gasteiger partial charge is 0.318 e. The van der Waals surface area contributed by atoms with Gasteiger partial charge in [-0.3, -0.25) is 4.98 Å². The minimum Gasteiger partial charge on any atom is -0.508 e. The van der Waals surface area contributed by atoms with Crippen molar-refractivity contribution in [1.29, 1.82) is 0 Å². The van der Waals surface area contributed by atoms with E-state index in [1.807, 2.05) is 18.7 Å². The number of nitrogens with zero attached hydrogens (tertiary/aromatic N) is 4. The van der Waals surface area contributed by atoms with Crippen molar-refractivity contribution in [2.24, 2.45) is 0 Å². The summed E-state index contributed by atoms with van der Waals surface area (Å²) in [5.74, 6) is -0.790.